The molecule has 7 nitrogen and oxygen atoms in total. The Kier molecular flexibility index (Phi) is 3.65. The number of benzene rings is 1. The minimum Gasteiger partial charge on any atom is -0.497 e. The molecule has 0 unspecified atom stereocenters. The lowest BCUT2D eigenvalue weighted by Gasteiger charge is -2.17. The van der Waals surface area contributed by atoms with Crippen LogP contribution in [0.15, 0.2) is 40.6 Å². The van der Waals surface area contributed by atoms with Crippen molar-refractivity contribution in [1.29, 1.82) is 0 Å². The largest absolute Gasteiger partial charge is 0.497 e. The highest BCUT2D eigenvalue weighted by Crippen LogP contribution is 2.28. The van der Waals surface area contributed by atoms with Gasteiger partial charge in [-0.25, -0.2) is 4.39 Å². The van der Waals surface area contributed by atoms with E-state index in [2.05, 4.69) is 20.8 Å². The van der Waals surface area contributed by atoms with Gasteiger partial charge in [-0.2, -0.15) is 0 Å². The fourth-order valence-electron chi connectivity index (χ4n) is 2.03. The van der Waals surface area contributed by atoms with Crippen molar-refractivity contribution in [2.45, 2.75) is 0 Å². The molecule has 114 valence electrons. The number of rotatable bonds is 4. The third-order valence-electron chi connectivity index (χ3n) is 3.08. The van der Waals surface area contributed by atoms with Crippen molar-refractivity contribution in [2.24, 2.45) is 0 Å². The summed E-state index contributed by atoms with van der Waals surface area (Å²) in [5, 5.41) is 13.5. The van der Waals surface area contributed by atoms with Crippen molar-refractivity contribution in [2.75, 3.05) is 24.7 Å². The number of nitrogen functional groups attached to an aromatic ring is 1. The van der Waals surface area contributed by atoms with Crippen molar-refractivity contribution in [3.8, 4) is 5.75 Å². The molecule has 0 aliphatic carbocycles. The molecule has 1 aliphatic rings. The Morgan fingerprint density at radius 1 is 1.41 bits per heavy atom. The molecule has 0 saturated carbocycles. The summed E-state index contributed by atoms with van der Waals surface area (Å²) in [4.78, 5) is 0. The van der Waals surface area contributed by atoms with Gasteiger partial charge in [-0.05, 0) is 12.1 Å². The van der Waals surface area contributed by atoms with Gasteiger partial charge in [0.05, 0.1) is 24.1 Å². The molecule has 1 aliphatic heterocycles. The zero-order valence-electron chi connectivity index (χ0n) is 11.8. The van der Waals surface area contributed by atoms with Crippen LogP contribution in [-0.2, 0) is 0 Å². The van der Waals surface area contributed by atoms with E-state index in [1.807, 2.05) is 6.08 Å². The predicted molar refractivity (Wildman–Crippen MR) is 79.3 cm³/mol. The molecular weight excluding hydrogens is 289 g/mol. The zero-order valence-corrected chi connectivity index (χ0v) is 11.8. The minimum atomic E-state index is -0.435. The first kappa shape index (κ1) is 13.9. The van der Waals surface area contributed by atoms with Gasteiger partial charge in [0, 0.05) is 18.8 Å². The Bertz CT molecular complexity index is 753. The maximum atomic E-state index is 14.0. The van der Waals surface area contributed by atoms with E-state index < -0.39 is 5.82 Å². The molecule has 1 aromatic heterocycles. The number of anilines is 2. The first-order valence-corrected chi connectivity index (χ1v) is 6.51. The molecule has 0 saturated heterocycles. The second-order valence-electron chi connectivity index (χ2n) is 4.50. The standard InChI is InChI=1S/C14H14FN5O2/c1-21-8-2-3-11(10(15)6-8)18-12-7-17-5-4-9(12)13-19-20-14(16)22-13/h2-4,6-7,17-18H,5H2,1H3,(H2,16,20). The number of allylic oxidation sites excluding steroid dienone is 1. The summed E-state index contributed by atoms with van der Waals surface area (Å²) in [5.41, 5.74) is 6.99. The summed E-state index contributed by atoms with van der Waals surface area (Å²) >= 11 is 0. The Balaban J connectivity index is 1.87. The molecule has 4 N–H and O–H groups in total. The monoisotopic (exact) mass is 303 g/mol. The quantitative estimate of drug-likeness (QED) is 0.791. The molecule has 2 aromatic rings. The average molecular weight is 303 g/mol. The first-order valence-electron chi connectivity index (χ1n) is 6.51. The number of nitrogens with two attached hydrogens (primary N) is 1. The first-order chi connectivity index (χ1) is 10.7. The third-order valence-corrected chi connectivity index (χ3v) is 3.08. The van der Waals surface area contributed by atoms with Crippen LogP contribution in [0, 0.1) is 5.82 Å². The predicted octanol–water partition coefficient (Wildman–Crippen LogP) is 1.74. The van der Waals surface area contributed by atoms with Gasteiger partial charge in [0.1, 0.15) is 11.6 Å². The molecule has 3 rings (SSSR count). The molecule has 22 heavy (non-hydrogen) atoms. The van der Waals surface area contributed by atoms with Gasteiger partial charge in [-0.1, -0.05) is 11.2 Å². The van der Waals surface area contributed by atoms with E-state index in [1.165, 1.54) is 13.2 Å². The Morgan fingerprint density at radius 2 is 2.27 bits per heavy atom. The third kappa shape index (κ3) is 2.71. The van der Waals surface area contributed by atoms with Crippen LogP contribution in [0.25, 0.3) is 5.57 Å². The number of aromatic nitrogens is 2. The van der Waals surface area contributed by atoms with Crippen LogP contribution in [0.1, 0.15) is 5.89 Å². The van der Waals surface area contributed by atoms with Crippen LogP contribution < -0.4 is 21.1 Å². The Labute approximate surface area is 125 Å². The topological polar surface area (TPSA) is 98.2 Å². The van der Waals surface area contributed by atoms with Crippen LogP contribution in [0.4, 0.5) is 16.1 Å². The number of hydrogen-bond donors (Lipinski definition) is 3. The molecule has 0 amide bonds. The molecular formula is C14H14FN5O2. The lowest BCUT2D eigenvalue weighted by Crippen LogP contribution is -2.17. The highest BCUT2D eigenvalue weighted by atomic mass is 19.1. The summed E-state index contributed by atoms with van der Waals surface area (Å²) in [6, 6.07) is 4.52. The van der Waals surface area contributed by atoms with Crippen LogP contribution >= 0.6 is 0 Å². The van der Waals surface area contributed by atoms with Crippen LogP contribution in [0.2, 0.25) is 0 Å². The lowest BCUT2D eigenvalue weighted by atomic mass is 10.1. The van der Waals surface area contributed by atoms with Crippen LogP contribution in [0.5, 0.6) is 5.75 Å². The summed E-state index contributed by atoms with van der Waals surface area (Å²) in [6.07, 6.45) is 3.55. The van der Waals surface area contributed by atoms with E-state index in [0.29, 0.717) is 29.3 Å². The van der Waals surface area contributed by atoms with Crippen molar-refractivity contribution >= 4 is 17.3 Å². The number of halogens is 1. The van der Waals surface area contributed by atoms with Gasteiger partial charge >= 0.3 is 6.01 Å². The van der Waals surface area contributed by atoms with Crippen molar-refractivity contribution < 1.29 is 13.5 Å². The molecule has 0 atom stereocenters. The number of nitrogens with zero attached hydrogens (tertiary/aromatic N) is 2. The number of ether oxygens (including phenoxy) is 1. The number of nitrogens with one attached hydrogen (secondary N) is 2. The van der Waals surface area contributed by atoms with Crippen LogP contribution in [0.3, 0.4) is 0 Å². The van der Waals surface area contributed by atoms with Crippen molar-refractivity contribution in [1.82, 2.24) is 15.5 Å². The van der Waals surface area contributed by atoms with Crippen molar-refractivity contribution in [3.63, 3.8) is 0 Å². The molecule has 2 heterocycles. The molecule has 0 radical (unpaired) electrons. The zero-order chi connectivity index (χ0) is 15.5. The van der Waals surface area contributed by atoms with E-state index in [1.54, 1.807) is 18.3 Å². The Hall–Kier alpha value is -3.03. The van der Waals surface area contributed by atoms with Gasteiger partial charge < -0.3 is 25.5 Å². The van der Waals surface area contributed by atoms with Crippen molar-refractivity contribution in [3.05, 3.63) is 47.9 Å². The maximum Gasteiger partial charge on any atom is 0.313 e. The molecule has 1 aromatic carbocycles. The smallest absolute Gasteiger partial charge is 0.313 e. The molecule has 8 heteroatoms. The summed E-state index contributed by atoms with van der Waals surface area (Å²) in [5.74, 6) is 0.279. The summed E-state index contributed by atoms with van der Waals surface area (Å²) in [6.45, 7) is 0.591. The van der Waals surface area contributed by atoms with E-state index in [9.17, 15) is 4.39 Å². The van der Waals surface area contributed by atoms with E-state index in [-0.39, 0.29) is 11.9 Å². The maximum absolute atomic E-state index is 14.0. The lowest BCUT2D eigenvalue weighted by molar-refractivity contribution is 0.411. The van der Waals surface area contributed by atoms with E-state index in [0.717, 1.165) is 0 Å². The number of methoxy groups -OCH3 is 1. The highest BCUT2D eigenvalue weighted by Gasteiger charge is 2.18. The van der Waals surface area contributed by atoms with Crippen LogP contribution in [-0.4, -0.2) is 23.9 Å². The van der Waals surface area contributed by atoms with Gasteiger partial charge in [-0.3, -0.25) is 0 Å². The molecule has 0 spiro atoms. The van der Waals surface area contributed by atoms with Gasteiger partial charge in [0.2, 0.25) is 0 Å². The highest BCUT2D eigenvalue weighted by molar-refractivity contribution is 5.79. The van der Waals surface area contributed by atoms with Gasteiger partial charge in [0.25, 0.3) is 5.89 Å². The fraction of sp³-hybridized carbons (Fsp3) is 0.143. The number of hydrogen-bond acceptors (Lipinski definition) is 7. The van der Waals surface area contributed by atoms with Gasteiger partial charge in [0.15, 0.2) is 0 Å². The second-order valence-corrected chi connectivity index (χ2v) is 4.50. The van der Waals surface area contributed by atoms with E-state index >= 15 is 0 Å². The minimum absolute atomic E-state index is 0.0237. The Morgan fingerprint density at radius 3 is 2.95 bits per heavy atom. The van der Waals surface area contributed by atoms with E-state index in [4.69, 9.17) is 14.9 Å². The summed E-state index contributed by atoms with van der Waals surface area (Å²) in [7, 11) is 1.48. The molecule has 0 fully saturated rings. The average Bonchev–Trinajstić information content (AvgIpc) is 2.96. The number of dihydropyridines is 1. The second kappa shape index (κ2) is 5.76. The SMILES string of the molecule is COc1ccc(NC2=CNCC=C2c2nnc(N)o2)c(F)c1. The normalized spacial score (nSPS) is 13.9. The fourth-order valence-corrected chi connectivity index (χ4v) is 2.03. The summed E-state index contributed by atoms with van der Waals surface area (Å²) < 4.78 is 24.2. The van der Waals surface area contributed by atoms with Gasteiger partial charge in [-0.15, -0.1) is 5.10 Å². The molecule has 0 bridgehead atoms.